The van der Waals surface area contributed by atoms with Crippen molar-refractivity contribution in [3.05, 3.63) is 47.2 Å². The van der Waals surface area contributed by atoms with E-state index in [0.29, 0.717) is 5.69 Å². The molecule has 110 valence electrons. The first kappa shape index (κ1) is 15.1. The van der Waals surface area contributed by atoms with Crippen LogP contribution in [-0.4, -0.2) is 28.8 Å². The number of methoxy groups -OCH3 is 1. The number of anilines is 1. The van der Waals surface area contributed by atoms with Gasteiger partial charge in [0.2, 0.25) is 5.91 Å². The van der Waals surface area contributed by atoms with Gasteiger partial charge in [0.15, 0.2) is 0 Å². The number of nitrogens with zero attached hydrogens (tertiary/aromatic N) is 2. The highest BCUT2D eigenvalue weighted by molar-refractivity contribution is 6.33. The van der Waals surface area contributed by atoms with Gasteiger partial charge in [-0.25, -0.2) is 4.79 Å². The maximum Gasteiger partial charge on any atom is 0.339 e. The van der Waals surface area contributed by atoms with Crippen molar-refractivity contribution in [2.45, 2.75) is 13.0 Å². The summed E-state index contributed by atoms with van der Waals surface area (Å²) in [5.74, 6) is -0.812. The molecule has 0 radical (unpaired) electrons. The lowest BCUT2D eigenvalue weighted by Gasteiger charge is -2.13. The summed E-state index contributed by atoms with van der Waals surface area (Å²) >= 11 is 5.92. The monoisotopic (exact) mass is 307 g/mol. The summed E-state index contributed by atoms with van der Waals surface area (Å²) in [6.45, 7) is 1.72. The molecule has 0 saturated heterocycles. The average molecular weight is 308 g/mol. The molecular weight excluding hydrogens is 294 g/mol. The first-order valence-corrected chi connectivity index (χ1v) is 6.58. The number of hydrogen-bond acceptors (Lipinski definition) is 4. The molecule has 0 bridgehead atoms. The van der Waals surface area contributed by atoms with Crippen LogP contribution in [0.5, 0.6) is 0 Å². The lowest BCUT2D eigenvalue weighted by atomic mass is 10.2. The van der Waals surface area contributed by atoms with Gasteiger partial charge in [-0.3, -0.25) is 9.48 Å². The molecule has 0 spiro atoms. The second-order valence-corrected chi connectivity index (χ2v) is 4.74. The Morgan fingerprint density at radius 1 is 1.43 bits per heavy atom. The molecule has 0 aliphatic heterocycles. The molecule has 1 aromatic heterocycles. The number of nitrogens with one attached hydrogen (secondary N) is 1. The smallest absolute Gasteiger partial charge is 0.339 e. The fourth-order valence-corrected chi connectivity index (χ4v) is 1.94. The van der Waals surface area contributed by atoms with Crippen molar-refractivity contribution in [3.63, 3.8) is 0 Å². The van der Waals surface area contributed by atoms with Gasteiger partial charge in [0.25, 0.3) is 0 Å². The van der Waals surface area contributed by atoms with E-state index in [2.05, 4.69) is 15.2 Å². The normalized spacial score (nSPS) is 11.8. The maximum absolute atomic E-state index is 12.1. The second-order valence-electron chi connectivity index (χ2n) is 4.34. The molecule has 2 rings (SSSR count). The molecule has 1 heterocycles. The summed E-state index contributed by atoms with van der Waals surface area (Å²) < 4.78 is 6.17. The molecule has 2 aromatic rings. The number of benzene rings is 1. The molecule has 7 heteroatoms. The topological polar surface area (TPSA) is 73.2 Å². The van der Waals surface area contributed by atoms with Crippen LogP contribution in [0.4, 0.5) is 5.69 Å². The number of carbonyl (C=O) groups excluding carboxylic acids is 2. The summed E-state index contributed by atoms with van der Waals surface area (Å²) in [7, 11) is 1.27. The largest absolute Gasteiger partial charge is 0.465 e. The van der Waals surface area contributed by atoms with Gasteiger partial charge < -0.3 is 10.1 Å². The number of rotatable bonds is 4. The summed E-state index contributed by atoms with van der Waals surface area (Å²) in [5, 5.41) is 6.99. The van der Waals surface area contributed by atoms with Gasteiger partial charge in [-0.2, -0.15) is 5.10 Å². The predicted molar refractivity (Wildman–Crippen MR) is 78.4 cm³/mol. The lowest BCUT2D eigenvalue weighted by molar-refractivity contribution is -0.119. The van der Waals surface area contributed by atoms with Crippen molar-refractivity contribution in [2.75, 3.05) is 12.4 Å². The number of hydrogen-bond donors (Lipinski definition) is 1. The van der Waals surface area contributed by atoms with Gasteiger partial charge >= 0.3 is 5.97 Å². The van der Waals surface area contributed by atoms with Crippen LogP contribution in [0.3, 0.4) is 0 Å². The molecule has 1 N–H and O–H groups in total. The first-order chi connectivity index (χ1) is 10.0. The Bertz CT molecular complexity index is 655. The molecule has 0 aliphatic carbocycles. The molecular formula is C14H14ClN3O3. The van der Waals surface area contributed by atoms with E-state index in [0.717, 1.165) is 0 Å². The van der Waals surface area contributed by atoms with Gasteiger partial charge in [0, 0.05) is 18.1 Å². The molecule has 0 aliphatic rings. The van der Waals surface area contributed by atoms with Gasteiger partial charge in [0.1, 0.15) is 6.04 Å². The number of ether oxygens (including phenoxy) is 1. The van der Waals surface area contributed by atoms with Crippen molar-refractivity contribution in [3.8, 4) is 0 Å². The van der Waals surface area contributed by atoms with E-state index in [1.165, 1.54) is 23.9 Å². The Morgan fingerprint density at radius 3 is 2.81 bits per heavy atom. The highest BCUT2D eigenvalue weighted by Crippen LogP contribution is 2.22. The number of esters is 1. The van der Waals surface area contributed by atoms with Crippen LogP contribution in [0, 0.1) is 0 Å². The van der Waals surface area contributed by atoms with E-state index in [-0.39, 0.29) is 16.5 Å². The van der Waals surface area contributed by atoms with E-state index in [1.54, 1.807) is 31.5 Å². The standard InChI is InChI=1S/C14H14ClN3O3/c1-9(18-7-3-6-16-18)13(19)17-10-4-5-12(15)11(8-10)14(20)21-2/h3-9H,1-2H3,(H,17,19). The zero-order chi connectivity index (χ0) is 15.4. The summed E-state index contributed by atoms with van der Waals surface area (Å²) in [6.07, 6.45) is 3.30. The molecule has 0 fully saturated rings. The third-order valence-electron chi connectivity index (χ3n) is 2.94. The zero-order valence-corrected chi connectivity index (χ0v) is 12.3. The molecule has 1 amide bonds. The zero-order valence-electron chi connectivity index (χ0n) is 11.5. The van der Waals surface area contributed by atoms with Gasteiger partial charge in [-0.15, -0.1) is 0 Å². The van der Waals surface area contributed by atoms with Crippen molar-refractivity contribution in [1.82, 2.24) is 9.78 Å². The molecule has 1 unspecified atom stereocenters. The van der Waals surface area contributed by atoms with Crippen molar-refractivity contribution < 1.29 is 14.3 Å². The predicted octanol–water partition coefficient (Wildman–Crippen LogP) is 2.52. The van der Waals surface area contributed by atoms with E-state index in [9.17, 15) is 9.59 Å². The minimum Gasteiger partial charge on any atom is -0.465 e. The lowest BCUT2D eigenvalue weighted by Crippen LogP contribution is -2.24. The molecule has 21 heavy (non-hydrogen) atoms. The Morgan fingerprint density at radius 2 is 2.19 bits per heavy atom. The minimum absolute atomic E-state index is 0.198. The summed E-state index contributed by atoms with van der Waals surface area (Å²) in [5.41, 5.74) is 0.660. The SMILES string of the molecule is COC(=O)c1cc(NC(=O)C(C)n2cccn2)ccc1Cl. The third kappa shape index (κ3) is 3.41. The van der Waals surface area contributed by atoms with E-state index >= 15 is 0 Å². The number of carbonyl (C=O) groups is 2. The van der Waals surface area contributed by atoms with Gasteiger partial charge in [-0.1, -0.05) is 11.6 Å². The number of amides is 1. The molecule has 6 nitrogen and oxygen atoms in total. The Balaban J connectivity index is 2.16. The van der Waals surface area contributed by atoms with E-state index in [4.69, 9.17) is 11.6 Å². The minimum atomic E-state index is -0.559. The second kappa shape index (κ2) is 6.41. The van der Waals surface area contributed by atoms with Crippen LogP contribution >= 0.6 is 11.6 Å². The molecule has 1 atom stereocenters. The quantitative estimate of drug-likeness (QED) is 0.881. The number of aromatic nitrogens is 2. The average Bonchev–Trinajstić information content (AvgIpc) is 3.01. The first-order valence-electron chi connectivity index (χ1n) is 6.20. The van der Waals surface area contributed by atoms with E-state index in [1.807, 2.05) is 0 Å². The van der Waals surface area contributed by atoms with Crippen LogP contribution in [0.2, 0.25) is 5.02 Å². The fraction of sp³-hybridized carbons (Fsp3) is 0.214. The Hall–Kier alpha value is -2.34. The van der Waals surface area contributed by atoms with E-state index < -0.39 is 12.0 Å². The Kier molecular flexibility index (Phi) is 4.59. The highest BCUT2D eigenvalue weighted by Gasteiger charge is 2.17. The van der Waals surface area contributed by atoms with Crippen LogP contribution in [0.15, 0.2) is 36.7 Å². The van der Waals surface area contributed by atoms with Crippen molar-refractivity contribution in [1.29, 1.82) is 0 Å². The highest BCUT2D eigenvalue weighted by atomic mass is 35.5. The Labute approximate surface area is 126 Å². The number of halogens is 1. The van der Waals surface area contributed by atoms with Crippen molar-refractivity contribution >= 4 is 29.2 Å². The van der Waals surface area contributed by atoms with Crippen LogP contribution in [0.1, 0.15) is 23.3 Å². The van der Waals surface area contributed by atoms with Crippen LogP contribution < -0.4 is 5.32 Å². The van der Waals surface area contributed by atoms with Crippen LogP contribution in [0.25, 0.3) is 0 Å². The molecule has 0 saturated carbocycles. The van der Waals surface area contributed by atoms with Crippen LogP contribution in [-0.2, 0) is 9.53 Å². The van der Waals surface area contributed by atoms with Gasteiger partial charge in [-0.05, 0) is 31.2 Å². The third-order valence-corrected chi connectivity index (χ3v) is 3.27. The fourth-order valence-electron chi connectivity index (χ4n) is 1.75. The van der Waals surface area contributed by atoms with Crippen molar-refractivity contribution in [2.24, 2.45) is 0 Å². The molecule has 1 aromatic carbocycles. The van der Waals surface area contributed by atoms with Gasteiger partial charge in [0.05, 0.1) is 17.7 Å². The summed E-state index contributed by atoms with van der Waals surface area (Å²) in [6, 6.07) is 5.88. The summed E-state index contributed by atoms with van der Waals surface area (Å²) in [4.78, 5) is 23.7. The maximum atomic E-state index is 12.1.